The monoisotopic (exact) mass is 489 g/mol. The number of carbonyl (C=O) groups is 4. The molecule has 1 saturated heterocycles. The average molecular weight is 490 g/mol. The molecule has 3 rings (SSSR count). The minimum absolute atomic E-state index is 0.152. The number of hydrogen-bond acceptors (Lipinski definition) is 7. The number of nitrogens with two attached hydrogens (primary N) is 1. The molecule has 0 saturated carbocycles. The molecule has 1 aliphatic rings. The first-order valence-corrected chi connectivity index (χ1v) is 11.0. The first-order valence-electron chi connectivity index (χ1n) is 9.76. The second-order valence-corrected chi connectivity index (χ2v) is 8.09. The molecule has 1 heterocycles. The number of anilines is 1. The quantitative estimate of drug-likeness (QED) is 0.517. The van der Waals surface area contributed by atoms with Gasteiger partial charge >= 0.3 is 0 Å². The summed E-state index contributed by atoms with van der Waals surface area (Å²) in [5.41, 5.74) is 6.05. The number of imide groups is 1. The molecule has 4 amide bonds. The summed E-state index contributed by atoms with van der Waals surface area (Å²) in [7, 11) is 0. The van der Waals surface area contributed by atoms with Gasteiger partial charge in [0.15, 0.2) is 18.1 Å². The Morgan fingerprint density at radius 1 is 1.15 bits per heavy atom. The average Bonchev–Trinajstić information content (AvgIpc) is 3.02. The zero-order chi connectivity index (χ0) is 24.0. The van der Waals surface area contributed by atoms with Gasteiger partial charge in [0.2, 0.25) is 5.91 Å². The predicted octanol–water partition coefficient (Wildman–Crippen LogP) is 3.28. The van der Waals surface area contributed by atoms with Crippen LogP contribution in [0.5, 0.6) is 11.5 Å². The van der Waals surface area contributed by atoms with Gasteiger partial charge < -0.3 is 20.5 Å². The number of benzene rings is 2. The highest BCUT2D eigenvalue weighted by molar-refractivity contribution is 8.18. The van der Waals surface area contributed by atoms with E-state index in [9.17, 15) is 19.2 Å². The van der Waals surface area contributed by atoms with Gasteiger partial charge in [-0.2, -0.15) is 0 Å². The number of primary amides is 1. The highest BCUT2D eigenvalue weighted by Gasteiger charge is 2.36. The van der Waals surface area contributed by atoms with E-state index in [2.05, 4.69) is 5.32 Å². The van der Waals surface area contributed by atoms with Gasteiger partial charge in [0.1, 0.15) is 6.54 Å². The number of halogens is 1. The van der Waals surface area contributed by atoms with Crippen molar-refractivity contribution in [3.8, 4) is 11.5 Å². The Kier molecular flexibility index (Phi) is 7.96. The lowest BCUT2D eigenvalue weighted by Crippen LogP contribution is -2.36. The third-order valence-corrected chi connectivity index (χ3v) is 5.50. The summed E-state index contributed by atoms with van der Waals surface area (Å²) in [6.07, 6.45) is 1.51. The molecular weight excluding hydrogens is 470 g/mol. The van der Waals surface area contributed by atoms with E-state index in [0.29, 0.717) is 34.4 Å². The number of nitrogens with one attached hydrogen (secondary N) is 1. The molecule has 0 spiro atoms. The van der Waals surface area contributed by atoms with Gasteiger partial charge in [0.05, 0.1) is 22.2 Å². The van der Waals surface area contributed by atoms with E-state index in [1.165, 1.54) is 6.08 Å². The molecule has 3 N–H and O–H groups in total. The molecule has 0 bridgehead atoms. The van der Waals surface area contributed by atoms with Crippen molar-refractivity contribution in [2.75, 3.05) is 25.1 Å². The Balaban J connectivity index is 1.73. The lowest BCUT2D eigenvalue weighted by Gasteiger charge is -2.13. The van der Waals surface area contributed by atoms with Crippen LogP contribution >= 0.6 is 23.4 Å². The minimum Gasteiger partial charge on any atom is -0.490 e. The van der Waals surface area contributed by atoms with Gasteiger partial charge in [-0.3, -0.25) is 24.1 Å². The maximum absolute atomic E-state index is 12.7. The van der Waals surface area contributed by atoms with Gasteiger partial charge in [-0.25, -0.2) is 0 Å². The van der Waals surface area contributed by atoms with Gasteiger partial charge in [-0.15, -0.1) is 0 Å². The summed E-state index contributed by atoms with van der Waals surface area (Å²) in [5, 5.41) is 2.36. The highest BCUT2D eigenvalue weighted by atomic mass is 35.5. The van der Waals surface area contributed by atoms with Crippen molar-refractivity contribution < 1.29 is 28.7 Å². The van der Waals surface area contributed by atoms with Gasteiger partial charge in [-0.05, 0) is 54.6 Å². The molecular formula is C22H20ClN3O6S. The van der Waals surface area contributed by atoms with Crippen molar-refractivity contribution in [2.45, 2.75) is 6.92 Å². The first kappa shape index (κ1) is 24.1. The number of ether oxygens (including phenoxy) is 2. The van der Waals surface area contributed by atoms with Crippen molar-refractivity contribution in [1.82, 2.24) is 4.90 Å². The second kappa shape index (κ2) is 10.9. The van der Waals surface area contributed by atoms with Crippen molar-refractivity contribution in [3.63, 3.8) is 0 Å². The molecule has 172 valence electrons. The van der Waals surface area contributed by atoms with Crippen LogP contribution < -0.4 is 20.5 Å². The predicted molar refractivity (Wildman–Crippen MR) is 125 cm³/mol. The third-order valence-electron chi connectivity index (χ3n) is 4.26. The van der Waals surface area contributed by atoms with Gasteiger partial charge in [0.25, 0.3) is 17.1 Å². The lowest BCUT2D eigenvalue weighted by molar-refractivity contribution is -0.127. The van der Waals surface area contributed by atoms with E-state index < -0.39 is 29.5 Å². The molecule has 0 radical (unpaired) electrons. The Hall–Kier alpha value is -3.50. The number of amides is 4. The van der Waals surface area contributed by atoms with Crippen LogP contribution in [0.1, 0.15) is 12.5 Å². The maximum Gasteiger partial charge on any atom is 0.294 e. The number of carbonyl (C=O) groups excluding carboxylic acids is 4. The van der Waals surface area contributed by atoms with Gasteiger partial charge in [-0.1, -0.05) is 29.8 Å². The lowest BCUT2D eigenvalue weighted by atomic mass is 10.2. The van der Waals surface area contributed by atoms with Crippen LogP contribution in [-0.2, 0) is 14.4 Å². The van der Waals surface area contributed by atoms with Crippen LogP contribution in [0, 0.1) is 0 Å². The molecule has 0 unspecified atom stereocenters. The number of hydrogen-bond donors (Lipinski definition) is 2. The Labute approximate surface area is 198 Å². The number of nitrogens with zero attached hydrogens (tertiary/aromatic N) is 1. The summed E-state index contributed by atoms with van der Waals surface area (Å²) in [5.74, 6) is -1.11. The fourth-order valence-corrected chi connectivity index (χ4v) is 3.86. The fourth-order valence-electron chi connectivity index (χ4n) is 2.83. The first-order chi connectivity index (χ1) is 15.8. The SMILES string of the molecule is CCOc1cc(/C=C2/SC(=O)N(CC(=O)Nc3ccccc3Cl)C2=O)ccc1OCC(N)=O. The zero-order valence-electron chi connectivity index (χ0n) is 17.5. The molecule has 2 aromatic carbocycles. The molecule has 9 nitrogen and oxygen atoms in total. The van der Waals surface area contributed by atoms with E-state index in [4.69, 9.17) is 26.8 Å². The largest absolute Gasteiger partial charge is 0.490 e. The normalized spacial score (nSPS) is 14.5. The summed E-state index contributed by atoms with van der Waals surface area (Å²) in [6, 6.07) is 11.5. The molecule has 0 aromatic heterocycles. The van der Waals surface area contributed by atoms with Crippen molar-refractivity contribution >= 4 is 58.1 Å². The van der Waals surface area contributed by atoms with Crippen LogP contribution in [0.25, 0.3) is 6.08 Å². The van der Waals surface area contributed by atoms with E-state index in [-0.39, 0.29) is 11.5 Å². The van der Waals surface area contributed by atoms with E-state index >= 15 is 0 Å². The molecule has 1 fully saturated rings. The Morgan fingerprint density at radius 2 is 1.91 bits per heavy atom. The number of rotatable bonds is 9. The van der Waals surface area contributed by atoms with Crippen molar-refractivity contribution in [1.29, 1.82) is 0 Å². The standard InChI is InChI=1S/C22H20ClN3O6S/c1-2-31-17-9-13(7-8-16(17)32-12-19(24)27)10-18-21(29)26(22(30)33-18)11-20(28)25-15-6-4-3-5-14(15)23/h3-10H,2,11-12H2,1H3,(H2,24,27)(H,25,28)/b18-10+. The Morgan fingerprint density at radius 3 is 2.61 bits per heavy atom. The zero-order valence-corrected chi connectivity index (χ0v) is 19.1. The van der Waals surface area contributed by atoms with E-state index in [0.717, 1.165) is 16.7 Å². The van der Waals surface area contributed by atoms with E-state index in [1.54, 1.807) is 49.4 Å². The van der Waals surface area contributed by atoms with Crippen molar-refractivity contribution in [3.05, 3.63) is 58.0 Å². The maximum atomic E-state index is 12.7. The fraction of sp³-hybridized carbons (Fsp3) is 0.182. The summed E-state index contributed by atoms with van der Waals surface area (Å²) in [6.45, 7) is 1.36. The summed E-state index contributed by atoms with van der Waals surface area (Å²) in [4.78, 5) is 49.4. The minimum atomic E-state index is -0.631. The number of thioether (sulfide) groups is 1. The van der Waals surface area contributed by atoms with Crippen molar-refractivity contribution in [2.24, 2.45) is 5.73 Å². The van der Waals surface area contributed by atoms with Crippen LogP contribution in [-0.4, -0.2) is 47.6 Å². The smallest absolute Gasteiger partial charge is 0.294 e. The van der Waals surface area contributed by atoms with Gasteiger partial charge in [0, 0.05) is 0 Å². The molecule has 11 heteroatoms. The highest BCUT2D eigenvalue weighted by Crippen LogP contribution is 2.34. The molecule has 0 atom stereocenters. The van der Waals surface area contributed by atoms with Crippen LogP contribution in [0.4, 0.5) is 10.5 Å². The van der Waals surface area contributed by atoms with Crippen LogP contribution in [0.3, 0.4) is 0 Å². The molecule has 2 aromatic rings. The molecule has 1 aliphatic heterocycles. The molecule has 33 heavy (non-hydrogen) atoms. The van der Waals surface area contributed by atoms with E-state index in [1.807, 2.05) is 0 Å². The van der Waals surface area contributed by atoms with Crippen LogP contribution in [0.2, 0.25) is 5.02 Å². The Bertz CT molecular complexity index is 1140. The molecule has 0 aliphatic carbocycles. The summed E-state index contributed by atoms with van der Waals surface area (Å²) >= 11 is 6.74. The van der Waals surface area contributed by atoms with Crippen LogP contribution in [0.15, 0.2) is 47.4 Å². The third kappa shape index (κ3) is 6.27. The second-order valence-electron chi connectivity index (χ2n) is 6.69. The topological polar surface area (TPSA) is 128 Å². The number of para-hydroxylation sites is 1. The summed E-state index contributed by atoms with van der Waals surface area (Å²) < 4.78 is 10.8.